The molecule has 3 nitrogen and oxygen atoms in total. The topological polar surface area (TPSA) is 35.5 Å². The number of carbonyl (C=O) groups excluding carboxylic acids is 1. The lowest BCUT2D eigenvalue weighted by molar-refractivity contribution is -0.147. The van der Waals surface area contributed by atoms with Crippen LogP contribution in [-0.4, -0.2) is 27.5 Å². The summed E-state index contributed by atoms with van der Waals surface area (Å²) in [6.45, 7) is 9.17. The van der Waals surface area contributed by atoms with Crippen LogP contribution in [-0.2, 0) is 14.0 Å². The molecule has 0 radical (unpaired) electrons. The fourth-order valence-corrected chi connectivity index (χ4v) is 10.7. The molecule has 2 aliphatic carbocycles. The highest BCUT2D eigenvalue weighted by molar-refractivity contribution is 6.99. The smallest absolute Gasteiger partial charge is 0.312 e. The van der Waals surface area contributed by atoms with E-state index in [2.05, 4.69) is 88.4 Å². The molecule has 160 valence electrons. The molecule has 2 fully saturated rings. The Balaban J connectivity index is 1.81. The first-order chi connectivity index (χ1) is 14.3. The third kappa shape index (κ3) is 3.16. The Morgan fingerprint density at radius 2 is 1.53 bits per heavy atom. The van der Waals surface area contributed by atoms with E-state index in [0.717, 1.165) is 19.3 Å². The third-order valence-electron chi connectivity index (χ3n) is 7.50. The fourth-order valence-electron chi connectivity index (χ4n) is 6.01. The highest BCUT2D eigenvalue weighted by atomic mass is 28.4. The van der Waals surface area contributed by atoms with Crippen molar-refractivity contribution in [1.29, 1.82) is 0 Å². The summed E-state index contributed by atoms with van der Waals surface area (Å²) in [5, 5.41) is 2.54. The van der Waals surface area contributed by atoms with Crippen LogP contribution in [0.4, 0.5) is 0 Å². The molecule has 2 aliphatic rings. The van der Waals surface area contributed by atoms with Gasteiger partial charge in [-0.15, -0.1) is 0 Å². The lowest BCUT2D eigenvalue weighted by atomic mass is 9.98. The number of benzene rings is 2. The standard InChI is InChI=1S/C26H34O3Si/c1-6-21-22-17-26(22,24(27)28-5)18-23(21)29-30(25(2,3)4,19-13-9-7-10-14-19)20-15-11-8-12-16-20/h7-16,21-23H,6,17-18H2,1-5H3/t21-,22-,23-,26-/m0/s1. The number of rotatable bonds is 6. The van der Waals surface area contributed by atoms with Gasteiger partial charge in [0.15, 0.2) is 0 Å². The lowest BCUT2D eigenvalue weighted by Gasteiger charge is -2.46. The van der Waals surface area contributed by atoms with E-state index in [0.29, 0.717) is 11.8 Å². The summed E-state index contributed by atoms with van der Waals surface area (Å²) in [6, 6.07) is 21.6. The molecule has 0 unspecified atom stereocenters. The van der Waals surface area contributed by atoms with Crippen molar-refractivity contribution in [2.75, 3.05) is 7.11 Å². The molecule has 4 rings (SSSR count). The number of methoxy groups -OCH3 is 1. The van der Waals surface area contributed by atoms with Crippen LogP contribution in [0, 0.1) is 17.3 Å². The van der Waals surface area contributed by atoms with Crippen molar-refractivity contribution in [1.82, 2.24) is 0 Å². The molecule has 0 heterocycles. The summed E-state index contributed by atoms with van der Waals surface area (Å²) in [5.41, 5.74) is -0.314. The van der Waals surface area contributed by atoms with Gasteiger partial charge in [0.2, 0.25) is 0 Å². The van der Waals surface area contributed by atoms with Crippen LogP contribution in [0.1, 0.15) is 47.0 Å². The number of fused-ring (bicyclic) bond motifs is 1. The normalized spacial score (nSPS) is 28.1. The van der Waals surface area contributed by atoms with Crippen LogP contribution in [0.3, 0.4) is 0 Å². The van der Waals surface area contributed by atoms with Gasteiger partial charge in [-0.2, -0.15) is 0 Å². The van der Waals surface area contributed by atoms with Crippen LogP contribution in [0.2, 0.25) is 5.04 Å². The molecular formula is C26H34O3Si. The maximum Gasteiger partial charge on any atom is 0.312 e. The first-order valence-electron chi connectivity index (χ1n) is 11.2. The molecule has 0 aromatic heterocycles. The average molecular weight is 423 g/mol. The average Bonchev–Trinajstić information content (AvgIpc) is 3.38. The van der Waals surface area contributed by atoms with Gasteiger partial charge in [0.25, 0.3) is 8.32 Å². The van der Waals surface area contributed by atoms with Gasteiger partial charge >= 0.3 is 5.97 Å². The summed E-state index contributed by atoms with van der Waals surface area (Å²) in [7, 11) is -1.09. The molecule has 4 atom stereocenters. The number of hydrogen-bond acceptors (Lipinski definition) is 3. The lowest BCUT2D eigenvalue weighted by Crippen LogP contribution is -2.68. The Labute approximate surface area is 181 Å². The highest BCUT2D eigenvalue weighted by Gasteiger charge is 2.71. The first kappa shape index (κ1) is 21.3. The van der Waals surface area contributed by atoms with Crippen molar-refractivity contribution in [3.63, 3.8) is 0 Å². The Bertz CT molecular complexity index is 850. The second kappa shape index (κ2) is 7.65. The van der Waals surface area contributed by atoms with Gasteiger partial charge in [-0.1, -0.05) is 94.8 Å². The Morgan fingerprint density at radius 3 is 1.97 bits per heavy atom. The van der Waals surface area contributed by atoms with Crippen LogP contribution in [0.15, 0.2) is 60.7 Å². The summed E-state index contributed by atoms with van der Waals surface area (Å²) >= 11 is 0. The minimum Gasteiger partial charge on any atom is -0.469 e. The second-order valence-electron chi connectivity index (χ2n) is 10.1. The molecule has 4 heteroatoms. The zero-order chi connectivity index (χ0) is 21.6. The highest BCUT2D eigenvalue weighted by Crippen LogP contribution is 2.68. The van der Waals surface area contributed by atoms with Crippen molar-refractivity contribution in [3.8, 4) is 0 Å². The minimum absolute atomic E-state index is 0.0421. The fraction of sp³-hybridized carbons (Fsp3) is 0.500. The van der Waals surface area contributed by atoms with Crippen molar-refractivity contribution in [2.24, 2.45) is 17.3 Å². The van der Waals surface area contributed by atoms with E-state index in [-0.39, 0.29) is 22.5 Å². The predicted molar refractivity (Wildman–Crippen MR) is 123 cm³/mol. The van der Waals surface area contributed by atoms with E-state index in [1.807, 2.05) is 0 Å². The maximum absolute atomic E-state index is 12.6. The van der Waals surface area contributed by atoms with Gasteiger partial charge in [-0.25, -0.2) is 0 Å². The zero-order valence-corrected chi connectivity index (χ0v) is 19.9. The predicted octanol–water partition coefficient (Wildman–Crippen LogP) is 4.54. The Kier molecular flexibility index (Phi) is 5.44. The van der Waals surface area contributed by atoms with Crippen LogP contribution in [0.25, 0.3) is 0 Å². The van der Waals surface area contributed by atoms with Crippen molar-refractivity contribution in [2.45, 2.75) is 58.1 Å². The molecule has 2 aromatic rings. The largest absolute Gasteiger partial charge is 0.469 e. The summed E-state index contributed by atoms with van der Waals surface area (Å²) in [4.78, 5) is 12.6. The third-order valence-corrected chi connectivity index (χ3v) is 12.6. The molecular weight excluding hydrogens is 388 g/mol. The van der Waals surface area contributed by atoms with E-state index in [1.165, 1.54) is 17.5 Å². The van der Waals surface area contributed by atoms with E-state index in [1.54, 1.807) is 0 Å². The van der Waals surface area contributed by atoms with Crippen LogP contribution in [0.5, 0.6) is 0 Å². The Morgan fingerprint density at radius 1 is 1.00 bits per heavy atom. The Hall–Kier alpha value is -1.91. The number of ether oxygens (including phenoxy) is 1. The number of hydrogen-bond donors (Lipinski definition) is 0. The number of carbonyl (C=O) groups is 1. The molecule has 0 N–H and O–H groups in total. The van der Waals surface area contributed by atoms with Crippen LogP contribution >= 0.6 is 0 Å². The monoisotopic (exact) mass is 422 g/mol. The molecule has 0 saturated heterocycles. The summed E-state index contributed by atoms with van der Waals surface area (Å²) in [6.07, 6.45) is 2.86. The van der Waals surface area contributed by atoms with Gasteiger partial charge in [0.05, 0.1) is 18.6 Å². The molecule has 30 heavy (non-hydrogen) atoms. The van der Waals surface area contributed by atoms with Gasteiger partial charge in [-0.05, 0) is 40.1 Å². The molecule has 0 bridgehead atoms. The molecule has 2 aromatic carbocycles. The van der Waals surface area contributed by atoms with Crippen molar-refractivity contribution < 1.29 is 14.0 Å². The van der Waals surface area contributed by atoms with Gasteiger partial charge < -0.3 is 9.16 Å². The van der Waals surface area contributed by atoms with Crippen LogP contribution < -0.4 is 10.4 Å². The molecule has 0 amide bonds. The van der Waals surface area contributed by atoms with E-state index < -0.39 is 8.32 Å². The van der Waals surface area contributed by atoms with Crippen molar-refractivity contribution >= 4 is 24.7 Å². The molecule has 0 aliphatic heterocycles. The summed E-state index contributed by atoms with van der Waals surface area (Å²) < 4.78 is 12.6. The van der Waals surface area contributed by atoms with E-state index in [4.69, 9.17) is 9.16 Å². The SMILES string of the molecule is CC[C@@H]1[C@@H](O[Si](c2ccccc2)(c2ccccc2)C(C)(C)C)C[C@@]2(C(=O)OC)C[C@@H]12. The number of esters is 1. The zero-order valence-electron chi connectivity index (χ0n) is 18.9. The first-order valence-corrected chi connectivity index (χ1v) is 13.1. The van der Waals surface area contributed by atoms with Gasteiger partial charge in [0.1, 0.15) is 0 Å². The quantitative estimate of drug-likeness (QED) is 0.506. The second-order valence-corrected chi connectivity index (χ2v) is 14.3. The van der Waals surface area contributed by atoms with Gasteiger partial charge in [0, 0.05) is 0 Å². The molecule has 0 spiro atoms. The van der Waals surface area contributed by atoms with Crippen molar-refractivity contribution in [3.05, 3.63) is 60.7 Å². The van der Waals surface area contributed by atoms with E-state index >= 15 is 0 Å². The van der Waals surface area contributed by atoms with Gasteiger partial charge in [-0.3, -0.25) is 4.79 Å². The summed E-state index contributed by atoms with van der Waals surface area (Å²) in [5.74, 6) is 0.767. The maximum atomic E-state index is 12.6. The van der Waals surface area contributed by atoms with E-state index in [9.17, 15) is 4.79 Å². The molecule has 2 saturated carbocycles. The minimum atomic E-state index is -2.61.